The Labute approximate surface area is 179 Å². The third kappa shape index (κ3) is 4.12. The highest BCUT2D eigenvalue weighted by molar-refractivity contribution is 5.87. The maximum Gasteiger partial charge on any atom is 0.262 e. The van der Waals surface area contributed by atoms with Crippen molar-refractivity contribution in [1.82, 2.24) is 25.0 Å². The lowest BCUT2D eigenvalue weighted by atomic mass is 9.98. The molecule has 0 bridgehead atoms. The molecule has 0 radical (unpaired) electrons. The predicted octanol–water partition coefficient (Wildman–Crippen LogP) is 1.69. The van der Waals surface area contributed by atoms with Crippen LogP contribution in [0, 0.1) is 0 Å². The second-order valence-electron chi connectivity index (χ2n) is 7.51. The summed E-state index contributed by atoms with van der Waals surface area (Å²) in [4.78, 5) is 27.1. The molecule has 3 aromatic heterocycles. The fourth-order valence-corrected chi connectivity index (χ4v) is 3.30. The fourth-order valence-electron chi connectivity index (χ4n) is 3.30. The molecule has 1 amide bonds. The monoisotopic (exact) mass is 424 g/mol. The third-order valence-electron chi connectivity index (χ3n) is 5.31. The molecule has 10 heteroatoms. The van der Waals surface area contributed by atoms with Crippen LogP contribution in [0.5, 0.6) is 0 Å². The maximum absolute atomic E-state index is 12.3. The molecule has 0 aliphatic carbocycles. The highest BCUT2D eigenvalue weighted by Gasteiger charge is 2.48. The van der Waals surface area contributed by atoms with E-state index < -0.39 is 11.5 Å². The normalized spacial score (nSPS) is 19.6. The van der Waals surface area contributed by atoms with Gasteiger partial charge in [-0.3, -0.25) is 4.79 Å². The summed E-state index contributed by atoms with van der Waals surface area (Å²) < 4.78 is 10.5. The second-order valence-corrected chi connectivity index (χ2v) is 7.51. The van der Waals surface area contributed by atoms with Gasteiger partial charge < -0.3 is 24.6 Å². The number of nitrogens with zero attached hydrogens (tertiary/aromatic N) is 5. The Hall–Kier alpha value is -3.37. The third-order valence-corrected chi connectivity index (χ3v) is 5.31. The van der Waals surface area contributed by atoms with E-state index in [9.17, 15) is 9.90 Å². The second kappa shape index (κ2) is 8.40. The highest BCUT2D eigenvalue weighted by Crippen LogP contribution is 2.34. The summed E-state index contributed by atoms with van der Waals surface area (Å²) in [6, 6.07) is 8.76. The van der Waals surface area contributed by atoms with E-state index in [1.54, 1.807) is 38.6 Å². The summed E-state index contributed by atoms with van der Waals surface area (Å²) in [5.41, 5.74) is 0.538. The molecule has 1 aliphatic heterocycles. The van der Waals surface area contributed by atoms with Crippen LogP contribution in [-0.4, -0.2) is 69.4 Å². The Balaban J connectivity index is 1.57. The molecule has 1 saturated heterocycles. The molecule has 31 heavy (non-hydrogen) atoms. The van der Waals surface area contributed by atoms with Crippen molar-refractivity contribution in [3.05, 3.63) is 42.3 Å². The van der Waals surface area contributed by atoms with E-state index in [4.69, 9.17) is 9.26 Å². The number of methoxy groups -OCH3 is 1. The van der Waals surface area contributed by atoms with E-state index in [2.05, 4.69) is 25.4 Å². The largest absolute Gasteiger partial charge is 0.380 e. The first-order chi connectivity index (χ1) is 14.9. The summed E-state index contributed by atoms with van der Waals surface area (Å²) in [6.45, 7) is 2.97. The van der Waals surface area contributed by atoms with Crippen molar-refractivity contribution in [3.63, 3.8) is 0 Å². The van der Waals surface area contributed by atoms with Gasteiger partial charge in [0.15, 0.2) is 5.76 Å². The molecule has 1 fully saturated rings. The molecule has 2 atom stereocenters. The molecule has 0 saturated carbocycles. The molecule has 4 rings (SSSR count). The van der Waals surface area contributed by atoms with Gasteiger partial charge in [0.05, 0.1) is 23.2 Å². The lowest BCUT2D eigenvalue weighted by Crippen LogP contribution is -2.35. The number of aromatic nitrogens is 4. The number of amides is 1. The molecule has 0 aromatic carbocycles. The van der Waals surface area contributed by atoms with Gasteiger partial charge >= 0.3 is 0 Å². The topological polar surface area (TPSA) is 126 Å². The van der Waals surface area contributed by atoms with Gasteiger partial charge in [-0.05, 0) is 25.1 Å². The van der Waals surface area contributed by atoms with Crippen molar-refractivity contribution >= 4 is 11.9 Å². The van der Waals surface area contributed by atoms with Crippen LogP contribution in [-0.2, 0) is 15.1 Å². The van der Waals surface area contributed by atoms with Crippen LogP contribution in [0.1, 0.15) is 19.1 Å². The first kappa shape index (κ1) is 20.9. The molecular weight excluding hydrogens is 400 g/mol. The Morgan fingerprint density at radius 3 is 2.71 bits per heavy atom. The maximum atomic E-state index is 12.3. The van der Waals surface area contributed by atoms with Gasteiger partial charge in [-0.1, -0.05) is 11.2 Å². The Bertz CT molecular complexity index is 1090. The molecular formula is C21H24N6O4. The molecule has 2 unspecified atom stereocenters. The van der Waals surface area contributed by atoms with Crippen LogP contribution >= 0.6 is 0 Å². The van der Waals surface area contributed by atoms with Crippen molar-refractivity contribution in [1.29, 1.82) is 0 Å². The number of hydrogen-bond donors (Lipinski definition) is 2. The number of aliphatic hydroxyl groups is 1. The number of pyridine rings is 1. The van der Waals surface area contributed by atoms with Crippen LogP contribution in [0.25, 0.3) is 22.8 Å². The van der Waals surface area contributed by atoms with Gasteiger partial charge in [-0.2, -0.15) is 0 Å². The molecule has 10 nitrogen and oxygen atoms in total. The number of likely N-dealkylation sites (tertiary alicyclic amines) is 1. The lowest BCUT2D eigenvalue weighted by molar-refractivity contribution is -0.144. The zero-order valence-corrected chi connectivity index (χ0v) is 17.6. The van der Waals surface area contributed by atoms with E-state index in [-0.39, 0.29) is 18.3 Å². The number of likely N-dealkylation sites (N-methyl/N-ethyl adjacent to an activating group) is 1. The Morgan fingerprint density at radius 1 is 1.26 bits per heavy atom. The molecule has 162 valence electrons. The van der Waals surface area contributed by atoms with Crippen LogP contribution in [0.15, 0.2) is 41.1 Å². The minimum atomic E-state index is -1.69. The minimum absolute atomic E-state index is 0.0245. The van der Waals surface area contributed by atoms with Crippen molar-refractivity contribution < 1.29 is 19.2 Å². The number of nitrogens with one attached hydrogen (secondary N) is 1. The number of anilines is 1. The number of carbonyl (C=O) groups is 1. The number of rotatable bonds is 7. The molecule has 4 heterocycles. The van der Waals surface area contributed by atoms with Gasteiger partial charge in [0.1, 0.15) is 5.69 Å². The zero-order valence-electron chi connectivity index (χ0n) is 17.6. The quantitative estimate of drug-likeness (QED) is 0.582. The number of hydrogen-bond acceptors (Lipinski definition) is 9. The first-order valence-electron chi connectivity index (χ1n) is 9.93. The fraction of sp³-hybridized carbons (Fsp3) is 0.381. The van der Waals surface area contributed by atoms with Gasteiger partial charge in [0, 0.05) is 45.9 Å². The number of ether oxygens (including phenoxy) is 1. The zero-order chi connectivity index (χ0) is 22.0. The minimum Gasteiger partial charge on any atom is -0.380 e. The van der Waals surface area contributed by atoms with Crippen molar-refractivity contribution in [2.24, 2.45) is 0 Å². The van der Waals surface area contributed by atoms with E-state index in [1.807, 2.05) is 19.1 Å². The average molecular weight is 424 g/mol. The van der Waals surface area contributed by atoms with E-state index in [1.165, 1.54) is 4.90 Å². The summed E-state index contributed by atoms with van der Waals surface area (Å²) >= 11 is 0. The van der Waals surface area contributed by atoms with E-state index >= 15 is 0 Å². The summed E-state index contributed by atoms with van der Waals surface area (Å²) in [6.07, 6.45) is 1.93. The molecule has 0 spiro atoms. The van der Waals surface area contributed by atoms with Crippen molar-refractivity contribution in [2.45, 2.75) is 25.0 Å². The SMILES string of the molecule is COC(C)CNc1nccc(-c2cccc(-c3cc(C4(O)CCN(C)C4=O)on3)n2)n1. The summed E-state index contributed by atoms with van der Waals surface area (Å²) in [7, 11) is 3.29. The summed E-state index contributed by atoms with van der Waals surface area (Å²) in [5, 5.41) is 17.9. The molecule has 1 aliphatic rings. The first-order valence-corrected chi connectivity index (χ1v) is 9.93. The van der Waals surface area contributed by atoms with E-state index in [0.29, 0.717) is 41.8 Å². The standard InChI is InChI=1S/C21H24N6O4/c1-13(30-3)12-23-20-22-9-7-16(25-20)14-5-4-6-15(24-14)17-11-18(31-26-17)21(29)8-10-27(2)19(21)28/h4-7,9,11,13,29H,8,10,12H2,1-3H3,(H,22,23,25). The predicted molar refractivity (Wildman–Crippen MR) is 112 cm³/mol. The van der Waals surface area contributed by atoms with Gasteiger partial charge in [-0.15, -0.1) is 0 Å². The van der Waals surface area contributed by atoms with Crippen LogP contribution in [0.3, 0.4) is 0 Å². The number of carbonyl (C=O) groups excluding carboxylic acids is 1. The van der Waals surface area contributed by atoms with Crippen LogP contribution in [0.2, 0.25) is 0 Å². The molecule has 2 N–H and O–H groups in total. The lowest BCUT2D eigenvalue weighted by Gasteiger charge is -2.16. The van der Waals surface area contributed by atoms with E-state index in [0.717, 1.165) is 0 Å². The van der Waals surface area contributed by atoms with Gasteiger partial charge in [0.2, 0.25) is 11.5 Å². The summed E-state index contributed by atoms with van der Waals surface area (Å²) in [5.74, 6) is 0.189. The average Bonchev–Trinajstić information content (AvgIpc) is 3.40. The highest BCUT2D eigenvalue weighted by atomic mass is 16.5. The van der Waals surface area contributed by atoms with Gasteiger partial charge in [-0.25, -0.2) is 15.0 Å². The Morgan fingerprint density at radius 2 is 2.00 bits per heavy atom. The smallest absolute Gasteiger partial charge is 0.262 e. The van der Waals surface area contributed by atoms with Crippen LogP contribution < -0.4 is 5.32 Å². The van der Waals surface area contributed by atoms with Gasteiger partial charge in [0.25, 0.3) is 5.91 Å². The molecule has 3 aromatic rings. The van der Waals surface area contributed by atoms with Crippen molar-refractivity contribution in [3.8, 4) is 22.8 Å². The van der Waals surface area contributed by atoms with Crippen molar-refractivity contribution in [2.75, 3.05) is 32.6 Å². The Kier molecular flexibility index (Phi) is 5.66. The van der Waals surface area contributed by atoms with Crippen LogP contribution in [0.4, 0.5) is 5.95 Å².